The van der Waals surface area contributed by atoms with Crippen molar-refractivity contribution >= 4 is 23.4 Å². The van der Waals surface area contributed by atoms with E-state index in [1.54, 1.807) is 37.5 Å². The summed E-state index contributed by atoms with van der Waals surface area (Å²) in [5.74, 6) is -0.522. The first-order valence-electron chi connectivity index (χ1n) is 15.5. The predicted octanol–water partition coefficient (Wildman–Crippen LogP) is 4.21. The van der Waals surface area contributed by atoms with Gasteiger partial charge in [0.1, 0.15) is 0 Å². The van der Waals surface area contributed by atoms with Crippen molar-refractivity contribution in [3.63, 3.8) is 0 Å². The monoisotopic (exact) mass is 609 g/mol. The Hall–Kier alpha value is -3.31. The van der Waals surface area contributed by atoms with Crippen molar-refractivity contribution in [3.05, 3.63) is 65.8 Å². The number of ether oxygens (including phenoxy) is 4. The second-order valence-corrected chi connectivity index (χ2v) is 12.4. The third-order valence-electron chi connectivity index (χ3n) is 8.64. The van der Waals surface area contributed by atoms with Crippen LogP contribution in [0.15, 0.2) is 60.2 Å². The lowest BCUT2D eigenvalue weighted by molar-refractivity contribution is -0.124. The Bertz CT molecular complexity index is 1250. The van der Waals surface area contributed by atoms with E-state index < -0.39 is 5.91 Å². The number of nitrogens with one attached hydrogen (secondary N) is 2. The third kappa shape index (κ3) is 9.85. The lowest BCUT2D eigenvalue weighted by atomic mass is 9.88. The topological polar surface area (TPSA) is 142 Å². The van der Waals surface area contributed by atoms with Crippen LogP contribution in [0.4, 0.5) is 5.69 Å². The molecule has 0 aromatic heterocycles. The highest BCUT2D eigenvalue weighted by Crippen LogP contribution is 2.43. The van der Waals surface area contributed by atoms with Gasteiger partial charge in [-0.2, -0.15) is 0 Å². The summed E-state index contributed by atoms with van der Waals surface area (Å²) in [6.45, 7) is 8.79. The van der Waals surface area contributed by atoms with Crippen LogP contribution in [0.3, 0.4) is 0 Å². The number of rotatable bonds is 12. The van der Waals surface area contributed by atoms with Crippen molar-refractivity contribution in [2.45, 2.75) is 102 Å². The molecule has 0 aliphatic carbocycles. The molecule has 0 saturated carbocycles. The molecule has 0 bridgehead atoms. The first kappa shape index (κ1) is 33.6. The van der Waals surface area contributed by atoms with Gasteiger partial charge in [-0.25, -0.2) is 0 Å². The van der Waals surface area contributed by atoms with Gasteiger partial charge in [-0.15, -0.1) is 0 Å². The number of hydrogen-bond donors (Lipinski definition) is 3. The Kier molecular flexibility index (Phi) is 11.5. The number of amides is 3. The highest BCUT2D eigenvalue weighted by atomic mass is 16.6. The molecule has 0 radical (unpaired) electrons. The molecule has 4 N–H and O–H groups in total. The SMILES string of the molecule is COC(C)C=CC(=O)NC1CC(C)C(CC=C(C)C=CC2CC3(CO3)CC(CC(=O)Nc3ccc(C(N)=O)cc3)O2)OC1C. The van der Waals surface area contributed by atoms with E-state index in [4.69, 9.17) is 24.7 Å². The van der Waals surface area contributed by atoms with E-state index in [-0.39, 0.29) is 66.3 Å². The number of nitrogens with two attached hydrogens (primary N) is 1. The van der Waals surface area contributed by atoms with Crippen LogP contribution >= 0.6 is 0 Å². The molecule has 10 heteroatoms. The Balaban J connectivity index is 1.25. The molecular formula is C34H47N3O7. The maximum Gasteiger partial charge on any atom is 0.248 e. The molecule has 1 spiro atoms. The van der Waals surface area contributed by atoms with E-state index in [1.165, 1.54) is 6.08 Å². The molecule has 1 aromatic rings. The molecule has 3 amide bonds. The molecule has 1 aromatic carbocycles. The van der Waals surface area contributed by atoms with Gasteiger partial charge in [0, 0.05) is 37.3 Å². The number of allylic oxidation sites excluding steroid dienone is 2. The van der Waals surface area contributed by atoms with Crippen LogP contribution in [0, 0.1) is 5.92 Å². The van der Waals surface area contributed by atoms with Gasteiger partial charge >= 0.3 is 0 Å². The maximum absolute atomic E-state index is 12.7. The smallest absolute Gasteiger partial charge is 0.248 e. The van der Waals surface area contributed by atoms with Crippen LogP contribution in [-0.4, -0.2) is 73.6 Å². The maximum atomic E-state index is 12.7. The molecule has 8 atom stereocenters. The molecule has 3 aliphatic heterocycles. The summed E-state index contributed by atoms with van der Waals surface area (Å²) in [6, 6.07) is 6.44. The number of carbonyl (C=O) groups excluding carboxylic acids is 3. The van der Waals surface area contributed by atoms with Crippen molar-refractivity contribution in [1.82, 2.24) is 5.32 Å². The van der Waals surface area contributed by atoms with Crippen molar-refractivity contribution < 1.29 is 33.3 Å². The van der Waals surface area contributed by atoms with E-state index in [1.807, 2.05) is 13.8 Å². The van der Waals surface area contributed by atoms with Crippen molar-refractivity contribution in [1.29, 1.82) is 0 Å². The van der Waals surface area contributed by atoms with Crippen molar-refractivity contribution in [2.75, 3.05) is 19.0 Å². The first-order chi connectivity index (χ1) is 20.9. The normalized spacial score (nSPS) is 31.2. The number of anilines is 1. The van der Waals surface area contributed by atoms with Gasteiger partial charge < -0.3 is 35.3 Å². The molecule has 44 heavy (non-hydrogen) atoms. The van der Waals surface area contributed by atoms with E-state index >= 15 is 0 Å². The Morgan fingerprint density at radius 1 is 1.14 bits per heavy atom. The van der Waals surface area contributed by atoms with E-state index in [9.17, 15) is 14.4 Å². The first-order valence-corrected chi connectivity index (χ1v) is 15.5. The van der Waals surface area contributed by atoms with Gasteiger partial charge in [-0.05, 0) is 63.8 Å². The fourth-order valence-electron chi connectivity index (χ4n) is 5.79. The predicted molar refractivity (Wildman–Crippen MR) is 168 cm³/mol. The second kappa shape index (κ2) is 15.1. The molecule has 3 heterocycles. The summed E-state index contributed by atoms with van der Waals surface area (Å²) < 4.78 is 23.6. The van der Waals surface area contributed by atoms with E-state index in [0.29, 0.717) is 24.3 Å². The number of methoxy groups -OCH3 is 1. The lowest BCUT2D eigenvalue weighted by Crippen LogP contribution is -2.50. The van der Waals surface area contributed by atoms with E-state index in [2.05, 4.69) is 42.7 Å². The lowest BCUT2D eigenvalue weighted by Gasteiger charge is -2.39. The van der Waals surface area contributed by atoms with Crippen molar-refractivity contribution in [3.8, 4) is 0 Å². The van der Waals surface area contributed by atoms with Gasteiger partial charge in [0.2, 0.25) is 17.7 Å². The standard InChI is InChI=1S/C34H47N3O7/c1-21(7-14-30-22(2)16-29(24(4)43-30)37-31(38)15-8-23(3)41-5)6-13-27-18-34(20-42-34)19-28(44-27)17-32(39)36-26-11-9-25(10-12-26)33(35)40/h6-13,15,22-24,27-30H,14,16-20H2,1-5H3,(H2,35,40)(H,36,39)(H,37,38). The molecule has 3 fully saturated rings. The van der Waals surface area contributed by atoms with Gasteiger partial charge in [-0.3, -0.25) is 14.4 Å². The van der Waals surface area contributed by atoms with Crippen LogP contribution < -0.4 is 16.4 Å². The van der Waals surface area contributed by atoms with Crippen molar-refractivity contribution in [2.24, 2.45) is 11.7 Å². The van der Waals surface area contributed by atoms with Crippen LogP contribution in [0.5, 0.6) is 0 Å². The van der Waals surface area contributed by atoms with Gasteiger partial charge in [0.15, 0.2) is 0 Å². The van der Waals surface area contributed by atoms with Crippen LogP contribution in [0.25, 0.3) is 0 Å². The molecule has 3 saturated heterocycles. The molecule has 3 aliphatic rings. The van der Waals surface area contributed by atoms with Gasteiger partial charge in [0.25, 0.3) is 0 Å². The number of carbonyl (C=O) groups is 3. The second-order valence-electron chi connectivity index (χ2n) is 12.4. The number of primary amides is 1. The van der Waals surface area contributed by atoms with Gasteiger partial charge in [-0.1, -0.05) is 36.8 Å². The highest BCUT2D eigenvalue weighted by Gasteiger charge is 2.51. The summed E-state index contributed by atoms with van der Waals surface area (Å²) in [4.78, 5) is 36.3. The molecule has 4 rings (SSSR count). The number of benzene rings is 1. The quantitative estimate of drug-likeness (QED) is 0.183. The summed E-state index contributed by atoms with van der Waals surface area (Å²) in [6.07, 6.45) is 12.3. The van der Waals surface area contributed by atoms with Crippen LogP contribution in [0.2, 0.25) is 0 Å². The highest BCUT2D eigenvalue weighted by molar-refractivity contribution is 5.94. The summed E-state index contributed by atoms with van der Waals surface area (Å²) in [5, 5.41) is 5.94. The average Bonchev–Trinajstić information content (AvgIpc) is 3.72. The molecule has 8 unspecified atom stereocenters. The van der Waals surface area contributed by atoms with Crippen LogP contribution in [-0.2, 0) is 28.5 Å². The van der Waals surface area contributed by atoms with Crippen LogP contribution in [0.1, 0.15) is 70.2 Å². The third-order valence-corrected chi connectivity index (χ3v) is 8.64. The minimum Gasteiger partial charge on any atom is -0.378 e. The summed E-state index contributed by atoms with van der Waals surface area (Å²) in [5.41, 5.74) is 7.16. The van der Waals surface area contributed by atoms with Gasteiger partial charge in [0.05, 0.1) is 55.2 Å². The summed E-state index contributed by atoms with van der Waals surface area (Å²) in [7, 11) is 1.61. The van der Waals surface area contributed by atoms with E-state index in [0.717, 1.165) is 24.8 Å². The summed E-state index contributed by atoms with van der Waals surface area (Å²) >= 11 is 0. The zero-order valence-electron chi connectivity index (χ0n) is 26.4. The fourth-order valence-corrected chi connectivity index (χ4v) is 5.79. The molecule has 10 nitrogen and oxygen atoms in total. The molecular weight excluding hydrogens is 562 g/mol. The number of hydrogen-bond acceptors (Lipinski definition) is 7. The molecule has 240 valence electrons. The minimum atomic E-state index is -0.512. The average molecular weight is 610 g/mol. The zero-order valence-corrected chi connectivity index (χ0v) is 26.4. The Morgan fingerprint density at radius 3 is 2.52 bits per heavy atom. The fraction of sp³-hybridized carbons (Fsp3) is 0.559. The Morgan fingerprint density at radius 2 is 1.86 bits per heavy atom. The Labute approximate surface area is 260 Å². The minimum absolute atomic E-state index is 0.0425. The number of epoxide rings is 1. The largest absolute Gasteiger partial charge is 0.378 e. The zero-order chi connectivity index (χ0) is 31.9.